The van der Waals surface area contributed by atoms with Crippen LogP contribution in [0.5, 0.6) is 0 Å². The average molecular weight is 325 g/mol. The largest absolute Gasteiger partial charge is 0.384 e. The summed E-state index contributed by atoms with van der Waals surface area (Å²) in [5.74, 6) is 0.479. The van der Waals surface area contributed by atoms with Gasteiger partial charge in [-0.05, 0) is 42.9 Å². The van der Waals surface area contributed by atoms with Crippen molar-refractivity contribution in [1.29, 1.82) is 0 Å². The molecule has 0 aliphatic heterocycles. The molecule has 1 amide bonds. The lowest BCUT2D eigenvalue weighted by atomic mass is 10.1. The Balaban J connectivity index is 1.70. The summed E-state index contributed by atoms with van der Waals surface area (Å²) in [6.07, 6.45) is 4.81. The molecule has 0 aliphatic carbocycles. The monoisotopic (exact) mass is 325 g/mol. The molecule has 0 aliphatic rings. The number of carbonyl (C=O) groups excluding carboxylic acids is 1. The molecule has 0 saturated carbocycles. The van der Waals surface area contributed by atoms with Gasteiger partial charge < -0.3 is 10.6 Å². The molecule has 2 N–H and O–H groups in total. The van der Waals surface area contributed by atoms with Crippen LogP contribution in [0, 0.1) is 5.92 Å². The summed E-state index contributed by atoms with van der Waals surface area (Å²) in [7, 11) is 0. The molecule has 0 spiro atoms. The number of nitrogens with one attached hydrogen (secondary N) is 2. The number of nitrogens with zero attached hydrogens (tertiary/aromatic N) is 1. The first-order valence-electron chi connectivity index (χ1n) is 8.67. The number of benzene rings is 1. The second-order valence-electron chi connectivity index (χ2n) is 6.39. The van der Waals surface area contributed by atoms with E-state index in [1.54, 1.807) is 12.3 Å². The van der Waals surface area contributed by atoms with E-state index in [4.69, 9.17) is 0 Å². The highest BCUT2D eigenvalue weighted by Crippen LogP contribution is 2.08. The number of hydrogen-bond donors (Lipinski definition) is 2. The minimum absolute atomic E-state index is 0.105. The summed E-state index contributed by atoms with van der Waals surface area (Å²) in [4.78, 5) is 16.2. The fraction of sp³-hybridized carbons (Fsp3) is 0.400. The van der Waals surface area contributed by atoms with Crippen LogP contribution in [0.15, 0.2) is 48.7 Å². The molecule has 4 nitrogen and oxygen atoms in total. The summed E-state index contributed by atoms with van der Waals surface area (Å²) in [5, 5.41) is 6.24. The molecule has 2 aromatic rings. The van der Waals surface area contributed by atoms with E-state index in [0.29, 0.717) is 18.2 Å². The summed E-state index contributed by atoms with van der Waals surface area (Å²) in [6.45, 7) is 5.86. The maximum absolute atomic E-state index is 12.0. The maximum Gasteiger partial charge on any atom is 0.269 e. The molecule has 2 rings (SSSR count). The minimum atomic E-state index is -0.105. The normalized spacial score (nSPS) is 10.6. The third-order valence-electron chi connectivity index (χ3n) is 3.82. The molecule has 128 valence electrons. The number of carbonyl (C=O) groups is 1. The third kappa shape index (κ3) is 6.41. The summed E-state index contributed by atoms with van der Waals surface area (Å²) >= 11 is 0. The van der Waals surface area contributed by atoms with Gasteiger partial charge in [-0.15, -0.1) is 0 Å². The Kier molecular flexibility index (Phi) is 7.27. The van der Waals surface area contributed by atoms with Gasteiger partial charge in [0.15, 0.2) is 0 Å². The third-order valence-corrected chi connectivity index (χ3v) is 3.82. The standard InChI is InChI=1S/C20H27N3O/c1-16(2)12-14-22-20(24)19-11-10-18(15-23-19)21-13-6-9-17-7-4-3-5-8-17/h3-5,7-8,10-11,15-16,21H,6,9,12-14H2,1-2H3,(H,22,24). The molecule has 0 saturated heterocycles. The van der Waals surface area contributed by atoms with Crippen LogP contribution in [-0.2, 0) is 6.42 Å². The molecule has 1 heterocycles. The second kappa shape index (κ2) is 9.71. The number of hydrogen-bond acceptors (Lipinski definition) is 3. The Bertz CT molecular complexity index is 609. The zero-order chi connectivity index (χ0) is 17.2. The van der Waals surface area contributed by atoms with Gasteiger partial charge in [0.25, 0.3) is 5.91 Å². The average Bonchev–Trinajstić information content (AvgIpc) is 2.60. The quantitative estimate of drug-likeness (QED) is 0.688. The van der Waals surface area contributed by atoms with Gasteiger partial charge in [0, 0.05) is 13.1 Å². The molecule has 0 bridgehead atoms. The molecular weight excluding hydrogens is 298 g/mol. The van der Waals surface area contributed by atoms with Gasteiger partial charge in [-0.25, -0.2) is 4.98 Å². The Labute approximate surface area is 144 Å². The highest BCUT2D eigenvalue weighted by atomic mass is 16.1. The van der Waals surface area contributed by atoms with Gasteiger partial charge in [-0.3, -0.25) is 4.79 Å². The Morgan fingerprint density at radius 2 is 1.88 bits per heavy atom. The lowest BCUT2D eigenvalue weighted by Crippen LogP contribution is -2.26. The summed E-state index contributed by atoms with van der Waals surface area (Å²) in [6, 6.07) is 14.1. The predicted octanol–water partition coefficient (Wildman–Crippen LogP) is 3.90. The van der Waals surface area contributed by atoms with Crippen molar-refractivity contribution in [3.05, 3.63) is 59.9 Å². The number of aryl methyl sites for hydroxylation is 1. The lowest BCUT2D eigenvalue weighted by Gasteiger charge is -2.08. The van der Waals surface area contributed by atoms with E-state index in [-0.39, 0.29) is 5.91 Å². The zero-order valence-corrected chi connectivity index (χ0v) is 14.6. The molecule has 0 radical (unpaired) electrons. The van der Waals surface area contributed by atoms with Crippen LogP contribution in [0.4, 0.5) is 5.69 Å². The fourth-order valence-electron chi connectivity index (χ4n) is 2.37. The van der Waals surface area contributed by atoms with Gasteiger partial charge in [0.1, 0.15) is 5.69 Å². The van der Waals surface area contributed by atoms with Gasteiger partial charge in [0.2, 0.25) is 0 Å². The first-order chi connectivity index (χ1) is 11.6. The topological polar surface area (TPSA) is 54.0 Å². The Morgan fingerprint density at radius 1 is 1.08 bits per heavy atom. The van der Waals surface area contributed by atoms with E-state index in [2.05, 4.69) is 53.7 Å². The molecule has 24 heavy (non-hydrogen) atoms. The van der Waals surface area contributed by atoms with Gasteiger partial charge in [0.05, 0.1) is 11.9 Å². The van der Waals surface area contributed by atoms with Crippen LogP contribution in [0.2, 0.25) is 0 Å². The smallest absolute Gasteiger partial charge is 0.269 e. The van der Waals surface area contributed by atoms with E-state index in [1.165, 1.54) is 5.56 Å². The molecule has 1 aromatic carbocycles. The molecule has 0 atom stereocenters. The number of anilines is 1. The summed E-state index contributed by atoms with van der Waals surface area (Å²) < 4.78 is 0. The van der Waals surface area contributed by atoms with E-state index in [1.807, 2.05) is 12.1 Å². The number of rotatable bonds is 9. The first-order valence-corrected chi connectivity index (χ1v) is 8.67. The van der Waals surface area contributed by atoms with Crippen LogP contribution in [0.3, 0.4) is 0 Å². The summed E-state index contributed by atoms with van der Waals surface area (Å²) in [5.41, 5.74) is 2.77. The number of pyridine rings is 1. The maximum atomic E-state index is 12.0. The highest BCUT2D eigenvalue weighted by Gasteiger charge is 2.06. The van der Waals surface area contributed by atoms with Gasteiger partial charge in [-0.2, -0.15) is 0 Å². The van der Waals surface area contributed by atoms with E-state index >= 15 is 0 Å². The molecule has 1 aromatic heterocycles. The molecular formula is C20H27N3O. The number of amides is 1. The van der Waals surface area contributed by atoms with Crippen LogP contribution in [-0.4, -0.2) is 24.0 Å². The second-order valence-corrected chi connectivity index (χ2v) is 6.39. The van der Waals surface area contributed by atoms with E-state index < -0.39 is 0 Å². The van der Waals surface area contributed by atoms with Crippen molar-refractivity contribution in [2.75, 3.05) is 18.4 Å². The van der Waals surface area contributed by atoms with Crippen LogP contribution in [0.1, 0.15) is 42.7 Å². The van der Waals surface area contributed by atoms with Crippen molar-refractivity contribution in [2.45, 2.75) is 33.1 Å². The predicted molar refractivity (Wildman–Crippen MR) is 99.3 cm³/mol. The van der Waals surface area contributed by atoms with E-state index in [9.17, 15) is 4.79 Å². The zero-order valence-electron chi connectivity index (χ0n) is 14.6. The minimum Gasteiger partial charge on any atom is -0.384 e. The molecule has 0 fully saturated rings. The van der Waals surface area contributed by atoms with Crippen LogP contribution < -0.4 is 10.6 Å². The van der Waals surface area contributed by atoms with Crippen molar-refractivity contribution in [2.24, 2.45) is 5.92 Å². The lowest BCUT2D eigenvalue weighted by molar-refractivity contribution is 0.0947. The SMILES string of the molecule is CC(C)CCNC(=O)c1ccc(NCCCc2ccccc2)cn1. The van der Waals surface area contributed by atoms with Gasteiger partial charge >= 0.3 is 0 Å². The fourth-order valence-corrected chi connectivity index (χ4v) is 2.37. The van der Waals surface area contributed by atoms with Crippen molar-refractivity contribution < 1.29 is 4.79 Å². The Hall–Kier alpha value is -2.36. The Morgan fingerprint density at radius 3 is 2.54 bits per heavy atom. The number of aromatic nitrogens is 1. The van der Waals surface area contributed by atoms with Gasteiger partial charge in [-0.1, -0.05) is 44.2 Å². The molecule has 4 heteroatoms. The highest BCUT2D eigenvalue weighted by molar-refractivity contribution is 5.92. The van der Waals surface area contributed by atoms with Crippen molar-refractivity contribution >= 4 is 11.6 Å². The van der Waals surface area contributed by atoms with Crippen molar-refractivity contribution in [1.82, 2.24) is 10.3 Å². The van der Waals surface area contributed by atoms with Crippen molar-refractivity contribution in [3.8, 4) is 0 Å². The van der Waals surface area contributed by atoms with Crippen LogP contribution >= 0.6 is 0 Å². The van der Waals surface area contributed by atoms with Crippen LogP contribution in [0.25, 0.3) is 0 Å². The molecule has 0 unspecified atom stereocenters. The van der Waals surface area contributed by atoms with E-state index in [0.717, 1.165) is 31.5 Å². The van der Waals surface area contributed by atoms with Crippen molar-refractivity contribution in [3.63, 3.8) is 0 Å². The first kappa shape index (κ1) is 18.0.